The average Bonchev–Trinajstić information content (AvgIpc) is 2.28. The van der Waals surface area contributed by atoms with Gasteiger partial charge in [0.1, 0.15) is 0 Å². The van der Waals surface area contributed by atoms with E-state index >= 15 is 0 Å². The zero-order valence-corrected chi connectivity index (χ0v) is 11.4. The van der Waals surface area contributed by atoms with Crippen molar-refractivity contribution in [3.63, 3.8) is 0 Å². The molecule has 16 heavy (non-hydrogen) atoms. The molecular formula is C14H30N2. The quantitative estimate of drug-likeness (QED) is 0.754. The number of piperidine rings is 1. The molecule has 0 spiro atoms. The summed E-state index contributed by atoms with van der Waals surface area (Å²) in [7, 11) is 0. The van der Waals surface area contributed by atoms with Crippen molar-refractivity contribution in [3.05, 3.63) is 0 Å². The fraction of sp³-hybridized carbons (Fsp3) is 1.00. The molecule has 1 heterocycles. The van der Waals surface area contributed by atoms with Crippen molar-refractivity contribution < 1.29 is 0 Å². The molecule has 1 rings (SSSR count). The lowest BCUT2D eigenvalue weighted by Gasteiger charge is -2.34. The summed E-state index contributed by atoms with van der Waals surface area (Å²) in [6, 6.07) is 0. The predicted molar refractivity (Wildman–Crippen MR) is 71.5 cm³/mol. The minimum atomic E-state index is 0.704. The lowest BCUT2D eigenvalue weighted by Crippen LogP contribution is -2.40. The SMILES string of the molecule is CCC1CCCN(CC(CN)CC(C)C)C1. The summed E-state index contributed by atoms with van der Waals surface area (Å²) < 4.78 is 0. The fourth-order valence-corrected chi connectivity index (χ4v) is 2.93. The van der Waals surface area contributed by atoms with Crippen LogP contribution < -0.4 is 5.73 Å². The van der Waals surface area contributed by atoms with Gasteiger partial charge in [0.2, 0.25) is 0 Å². The Morgan fingerprint density at radius 3 is 2.69 bits per heavy atom. The third-order valence-corrected chi connectivity index (χ3v) is 3.83. The lowest BCUT2D eigenvalue weighted by molar-refractivity contribution is 0.143. The molecular weight excluding hydrogens is 196 g/mol. The number of likely N-dealkylation sites (tertiary alicyclic amines) is 1. The Morgan fingerprint density at radius 1 is 1.38 bits per heavy atom. The number of rotatable bonds is 6. The molecule has 2 nitrogen and oxygen atoms in total. The molecule has 2 N–H and O–H groups in total. The third-order valence-electron chi connectivity index (χ3n) is 3.83. The van der Waals surface area contributed by atoms with Crippen LogP contribution in [0.4, 0.5) is 0 Å². The van der Waals surface area contributed by atoms with Crippen molar-refractivity contribution >= 4 is 0 Å². The van der Waals surface area contributed by atoms with Gasteiger partial charge in [-0.05, 0) is 50.1 Å². The Balaban J connectivity index is 2.33. The number of hydrogen-bond acceptors (Lipinski definition) is 2. The van der Waals surface area contributed by atoms with Crippen LogP contribution in [0.15, 0.2) is 0 Å². The molecule has 0 amide bonds. The molecule has 0 aromatic carbocycles. The Kier molecular flexibility index (Phi) is 6.37. The smallest absolute Gasteiger partial charge is 0.00219 e. The van der Waals surface area contributed by atoms with Crippen LogP contribution in [-0.4, -0.2) is 31.1 Å². The Hall–Kier alpha value is -0.0800. The van der Waals surface area contributed by atoms with Crippen LogP contribution in [0.3, 0.4) is 0 Å². The van der Waals surface area contributed by atoms with Gasteiger partial charge in [-0.15, -0.1) is 0 Å². The first kappa shape index (κ1) is 14.0. The van der Waals surface area contributed by atoms with Gasteiger partial charge in [-0.2, -0.15) is 0 Å². The molecule has 2 heteroatoms. The number of nitrogens with zero attached hydrogens (tertiary/aromatic N) is 1. The summed E-state index contributed by atoms with van der Waals surface area (Å²) in [5.74, 6) is 2.42. The zero-order chi connectivity index (χ0) is 12.0. The van der Waals surface area contributed by atoms with Gasteiger partial charge in [0.25, 0.3) is 0 Å². The molecule has 2 atom stereocenters. The lowest BCUT2D eigenvalue weighted by atomic mass is 9.92. The first-order valence-corrected chi connectivity index (χ1v) is 7.08. The molecule has 2 unspecified atom stereocenters. The first-order chi connectivity index (χ1) is 7.65. The summed E-state index contributed by atoms with van der Waals surface area (Å²) in [6.45, 7) is 11.6. The van der Waals surface area contributed by atoms with E-state index in [1.807, 2.05) is 0 Å². The van der Waals surface area contributed by atoms with E-state index in [-0.39, 0.29) is 0 Å². The standard InChI is InChI=1S/C14H30N2/c1-4-13-6-5-7-16(10-13)11-14(9-15)8-12(2)3/h12-14H,4-11,15H2,1-3H3. The number of nitrogens with two attached hydrogens (primary N) is 1. The molecule has 96 valence electrons. The molecule has 0 saturated carbocycles. The zero-order valence-electron chi connectivity index (χ0n) is 11.4. The normalized spacial score (nSPS) is 24.9. The minimum Gasteiger partial charge on any atom is -0.330 e. The summed E-state index contributed by atoms with van der Waals surface area (Å²) in [6.07, 6.45) is 5.44. The van der Waals surface area contributed by atoms with Gasteiger partial charge in [-0.3, -0.25) is 0 Å². The highest BCUT2D eigenvalue weighted by Crippen LogP contribution is 2.21. The van der Waals surface area contributed by atoms with E-state index in [9.17, 15) is 0 Å². The predicted octanol–water partition coefficient (Wildman–Crippen LogP) is 2.73. The molecule has 0 bridgehead atoms. The van der Waals surface area contributed by atoms with Crippen LogP contribution in [0.2, 0.25) is 0 Å². The van der Waals surface area contributed by atoms with Gasteiger partial charge < -0.3 is 10.6 Å². The van der Waals surface area contributed by atoms with Crippen LogP contribution in [0.25, 0.3) is 0 Å². The Bertz CT molecular complexity index is 180. The van der Waals surface area contributed by atoms with Crippen molar-refractivity contribution in [1.29, 1.82) is 0 Å². The highest BCUT2D eigenvalue weighted by Gasteiger charge is 2.21. The molecule has 1 aliphatic heterocycles. The minimum absolute atomic E-state index is 0.704. The fourth-order valence-electron chi connectivity index (χ4n) is 2.93. The molecule has 1 saturated heterocycles. The van der Waals surface area contributed by atoms with Gasteiger partial charge in [0, 0.05) is 13.1 Å². The van der Waals surface area contributed by atoms with Gasteiger partial charge in [0.15, 0.2) is 0 Å². The van der Waals surface area contributed by atoms with Gasteiger partial charge >= 0.3 is 0 Å². The molecule has 1 aliphatic rings. The molecule has 0 aliphatic carbocycles. The van der Waals surface area contributed by atoms with E-state index in [1.54, 1.807) is 0 Å². The van der Waals surface area contributed by atoms with Crippen LogP contribution in [0, 0.1) is 17.8 Å². The average molecular weight is 226 g/mol. The van der Waals surface area contributed by atoms with Gasteiger partial charge in [-0.25, -0.2) is 0 Å². The van der Waals surface area contributed by atoms with Crippen molar-refractivity contribution in [1.82, 2.24) is 4.90 Å². The first-order valence-electron chi connectivity index (χ1n) is 7.08. The Morgan fingerprint density at radius 2 is 2.12 bits per heavy atom. The maximum absolute atomic E-state index is 5.88. The second-order valence-corrected chi connectivity index (χ2v) is 5.91. The summed E-state index contributed by atoms with van der Waals surface area (Å²) in [5, 5.41) is 0. The Labute approximate surface area is 102 Å². The van der Waals surface area contributed by atoms with Crippen molar-refractivity contribution in [2.75, 3.05) is 26.2 Å². The summed E-state index contributed by atoms with van der Waals surface area (Å²) in [5.41, 5.74) is 5.88. The monoisotopic (exact) mass is 226 g/mol. The van der Waals surface area contributed by atoms with E-state index in [4.69, 9.17) is 5.73 Å². The maximum atomic E-state index is 5.88. The van der Waals surface area contributed by atoms with Crippen molar-refractivity contribution in [2.24, 2.45) is 23.5 Å². The second-order valence-electron chi connectivity index (χ2n) is 5.91. The van der Waals surface area contributed by atoms with E-state index in [0.717, 1.165) is 18.4 Å². The summed E-state index contributed by atoms with van der Waals surface area (Å²) >= 11 is 0. The van der Waals surface area contributed by atoms with Crippen LogP contribution in [0.1, 0.15) is 46.5 Å². The highest BCUT2D eigenvalue weighted by molar-refractivity contribution is 4.75. The van der Waals surface area contributed by atoms with Gasteiger partial charge in [-0.1, -0.05) is 27.2 Å². The largest absolute Gasteiger partial charge is 0.330 e. The molecule has 0 aromatic rings. The highest BCUT2D eigenvalue weighted by atomic mass is 15.1. The van der Waals surface area contributed by atoms with Crippen molar-refractivity contribution in [2.45, 2.75) is 46.5 Å². The van der Waals surface area contributed by atoms with Crippen molar-refractivity contribution in [3.8, 4) is 0 Å². The molecule has 1 fully saturated rings. The second kappa shape index (κ2) is 7.29. The maximum Gasteiger partial charge on any atom is 0.00219 e. The van der Waals surface area contributed by atoms with Crippen LogP contribution >= 0.6 is 0 Å². The van der Waals surface area contributed by atoms with Gasteiger partial charge in [0.05, 0.1) is 0 Å². The summed E-state index contributed by atoms with van der Waals surface area (Å²) in [4.78, 5) is 2.65. The van der Waals surface area contributed by atoms with E-state index < -0.39 is 0 Å². The molecule has 0 radical (unpaired) electrons. The van der Waals surface area contributed by atoms with Crippen LogP contribution in [-0.2, 0) is 0 Å². The van der Waals surface area contributed by atoms with E-state index in [0.29, 0.717) is 5.92 Å². The van der Waals surface area contributed by atoms with Crippen LogP contribution in [0.5, 0.6) is 0 Å². The molecule has 0 aromatic heterocycles. The topological polar surface area (TPSA) is 29.3 Å². The number of hydrogen-bond donors (Lipinski definition) is 1. The van der Waals surface area contributed by atoms with E-state index in [1.165, 1.54) is 45.3 Å². The van der Waals surface area contributed by atoms with E-state index in [2.05, 4.69) is 25.7 Å². The third kappa shape index (κ3) is 4.84.